The Morgan fingerprint density at radius 3 is 1.88 bits per heavy atom. The average Bonchev–Trinajstić information content (AvgIpc) is 4.00. The number of ether oxygens (including phenoxy) is 1. The van der Waals surface area contributed by atoms with Gasteiger partial charge in [0.2, 0.25) is 0 Å². The molecule has 2 atom stereocenters. The molecule has 2 amide bonds. The van der Waals surface area contributed by atoms with E-state index in [1.54, 1.807) is 0 Å². The Labute approximate surface area is 399 Å². The number of rotatable bonds is 16. The first-order chi connectivity index (χ1) is 32.2. The third kappa shape index (κ3) is 9.59. The number of carbonyl (C=O) groups excluding carboxylic acids is 3. The fraction of sp³-hybridized carbons (Fsp3) is 0.160. The molecule has 0 bridgehead atoms. The number of thioether (sulfide) groups is 1. The molecule has 7 aromatic rings. The molecule has 1 fully saturated rings. The average molecular weight is 959 g/mol. The van der Waals surface area contributed by atoms with Gasteiger partial charge in [-0.1, -0.05) is 157 Å². The third-order valence-corrected chi connectivity index (χ3v) is 13.5. The van der Waals surface area contributed by atoms with Gasteiger partial charge < -0.3 is 32.6 Å². The van der Waals surface area contributed by atoms with Crippen LogP contribution in [0.1, 0.15) is 39.6 Å². The van der Waals surface area contributed by atoms with Gasteiger partial charge in [-0.3, -0.25) is 14.5 Å². The van der Waals surface area contributed by atoms with Crippen LogP contribution in [0.15, 0.2) is 192 Å². The zero-order valence-electron chi connectivity index (χ0n) is 35.7. The third-order valence-electron chi connectivity index (χ3n) is 11.4. The molecule has 0 saturated carbocycles. The lowest BCUT2D eigenvalue weighted by Crippen LogP contribution is -3.00. The maximum Gasteiger partial charge on any atom is 0.407 e. The minimum atomic E-state index is -3.35. The second-order valence-corrected chi connectivity index (χ2v) is 17.4. The van der Waals surface area contributed by atoms with Crippen LogP contribution in [0.4, 0.5) is 13.9 Å². The van der Waals surface area contributed by atoms with Gasteiger partial charge in [0.05, 0.1) is 6.20 Å². The van der Waals surface area contributed by atoms with Crippen LogP contribution in [0.2, 0.25) is 0 Å². The number of hydrogen-bond acceptors (Lipinski definition) is 10. The van der Waals surface area contributed by atoms with Gasteiger partial charge in [0.25, 0.3) is 11.8 Å². The quantitative estimate of drug-likeness (QED) is 0.0353. The van der Waals surface area contributed by atoms with Crippen molar-refractivity contribution >= 4 is 51.7 Å². The summed E-state index contributed by atoms with van der Waals surface area (Å²) in [6.07, 6.45) is 2.93. The predicted molar refractivity (Wildman–Crippen MR) is 247 cm³/mol. The number of oxime groups is 1. The Kier molecular flexibility index (Phi) is 14.2. The number of benzene rings is 5. The largest absolute Gasteiger partial charge is 1.00 e. The topological polar surface area (TPSA) is 131 Å². The summed E-state index contributed by atoms with van der Waals surface area (Å²) in [6, 6.07) is 48.7. The first-order valence-electron chi connectivity index (χ1n) is 20.9. The first-order valence-corrected chi connectivity index (χ1v) is 22.9. The van der Waals surface area contributed by atoms with E-state index in [1.165, 1.54) is 22.0 Å². The fourth-order valence-corrected chi connectivity index (χ4v) is 10.3. The molecule has 1 saturated heterocycles. The molecule has 0 aliphatic carbocycles. The number of nitrogens with one attached hydrogen (secondary N) is 2. The zero-order valence-corrected chi connectivity index (χ0v) is 38.1. The van der Waals surface area contributed by atoms with Crippen molar-refractivity contribution in [3.8, 4) is 0 Å². The molecule has 0 unspecified atom stereocenters. The van der Waals surface area contributed by atoms with Crippen LogP contribution in [0.3, 0.4) is 0 Å². The van der Waals surface area contributed by atoms with Crippen LogP contribution in [-0.2, 0) is 43.1 Å². The number of hydrogen-bond donors (Lipinski definition) is 2. The van der Waals surface area contributed by atoms with Crippen LogP contribution in [0, 0.1) is 0 Å². The Hall–Kier alpha value is -7.14. The minimum Gasteiger partial charge on any atom is -1.00 e. The Morgan fingerprint density at radius 1 is 0.836 bits per heavy atom. The van der Waals surface area contributed by atoms with Gasteiger partial charge >= 0.3 is 12.6 Å². The van der Waals surface area contributed by atoms with Crippen LogP contribution >= 0.6 is 23.1 Å². The van der Waals surface area contributed by atoms with Crippen molar-refractivity contribution in [2.45, 2.75) is 36.2 Å². The molecular formula is C50H42ClF2N7O5S2. The van der Waals surface area contributed by atoms with Crippen LogP contribution in [-0.4, -0.2) is 61.8 Å². The molecule has 2 N–H and O–H groups in total. The molecule has 5 aromatic carbocycles. The molecule has 2 aromatic heterocycles. The Balaban J connectivity index is 0.00000608. The standard InChI is InChI=1S/C50H41F2N7O5S2.ClH/c1-57-28-17-29-58(57)30-35-31-65-46-41(45(61)59(46)42(35)47(62)63-43(33-18-7-2-8-19-33)34-20-9-3-10-21-34)54-44(60)40(56-64-48(51)52)39-32-66-49(53-39)55-50(36-22-11-4-12-23-36,37-24-13-5-14-25-37)38-26-15-6-16-27-38;/h2-29,32,41,43,46,48H,30-31H2,1H3,(H-,53,54,55,60);1H/t41-,46-;/m1./s1. The highest BCUT2D eigenvalue weighted by molar-refractivity contribution is 8.00. The van der Waals surface area contributed by atoms with E-state index in [0.29, 0.717) is 16.5 Å². The second kappa shape index (κ2) is 20.6. The summed E-state index contributed by atoms with van der Waals surface area (Å²) in [6.45, 7) is -3.08. The van der Waals surface area contributed by atoms with Gasteiger partial charge in [-0.2, -0.15) is 13.5 Å². The highest BCUT2D eigenvalue weighted by Gasteiger charge is 2.55. The molecule has 9 rings (SSSR count). The maximum atomic E-state index is 14.6. The fourth-order valence-electron chi connectivity index (χ4n) is 8.24. The second-order valence-electron chi connectivity index (χ2n) is 15.4. The molecule has 4 heterocycles. The summed E-state index contributed by atoms with van der Waals surface area (Å²) in [4.78, 5) is 53.5. The number of alkyl halides is 2. The molecule has 0 radical (unpaired) electrons. The molecule has 2 aliphatic rings. The van der Waals surface area contributed by atoms with Gasteiger partial charge in [-0.25, -0.2) is 9.78 Å². The first kappa shape index (κ1) is 46.4. The molecule has 67 heavy (non-hydrogen) atoms. The Morgan fingerprint density at radius 2 is 1.37 bits per heavy atom. The maximum absolute atomic E-state index is 14.6. The van der Waals surface area contributed by atoms with Crippen LogP contribution in [0.25, 0.3) is 0 Å². The van der Waals surface area contributed by atoms with E-state index >= 15 is 0 Å². The van der Waals surface area contributed by atoms with Crippen molar-refractivity contribution in [1.29, 1.82) is 0 Å². The summed E-state index contributed by atoms with van der Waals surface area (Å²) in [7, 11) is 1.86. The van der Waals surface area contributed by atoms with E-state index in [1.807, 2.05) is 187 Å². The highest BCUT2D eigenvalue weighted by atomic mass is 35.5. The van der Waals surface area contributed by atoms with E-state index in [4.69, 9.17) is 9.72 Å². The monoisotopic (exact) mass is 957 g/mol. The van der Waals surface area contributed by atoms with Crippen molar-refractivity contribution in [1.82, 2.24) is 19.9 Å². The lowest BCUT2D eigenvalue weighted by molar-refractivity contribution is -0.752. The number of carbonyl (C=O) groups is 3. The number of halogens is 3. The summed E-state index contributed by atoms with van der Waals surface area (Å²) in [5, 5.41) is 11.0. The van der Waals surface area contributed by atoms with Gasteiger partial charge in [-0.15, -0.1) is 27.8 Å². The summed E-state index contributed by atoms with van der Waals surface area (Å²) in [5.74, 6) is -1.97. The number of anilines is 1. The lowest BCUT2D eigenvalue weighted by atomic mass is 9.77. The summed E-state index contributed by atoms with van der Waals surface area (Å²) < 4.78 is 37.3. The van der Waals surface area contributed by atoms with E-state index in [-0.39, 0.29) is 30.3 Å². The van der Waals surface area contributed by atoms with E-state index in [2.05, 4.69) is 20.6 Å². The number of nitrogens with zero attached hydrogens (tertiary/aromatic N) is 5. The number of amides is 2. The van der Waals surface area contributed by atoms with Gasteiger partial charge in [0.15, 0.2) is 30.2 Å². The lowest BCUT2D eigenvalue weighted by Gasteiger charge is -2.49. The SMILES string of the molecule is C[n+]1cccn1CC1=C(C(=O)OC(c2ccccc2)c2ccccc2)N2C(=O)[C@@H](NC(=O)C(=NOC(F)F)c3csc(NC(c4ccccc4)(c4ccccc4)c4ccccc4)n3)[C@H]2SC1.[Cl-]. The van der Waals surface area contributed by atoms with Gasteiger partial charge in [0, 0.05) is 17.2 Å². The number of thiazole rings is 1. The molecule has 0 spiro atoms. The van der Waals surface area contributed by atoms with E-state index in [0.717, 1.165) is 39.2 Å². The minimum absolute atomic E-state index is 0. The van der Waals surface area contributed by atoms with E-state index in [9.17, 15) is 23.2 Å². The number of aromatic nitrogens is 3. The summed E-state index contributed by atoms with van der Waals surface area (Å²) >= 11 is 2.49. The highest BCUT2D eigenvalue weighted by Crippen LogP contribution is 2.43. The normalized spacial score (nSPS) is 15.9. The number of fused-ring (bicyclic) bond motifs is 1. The van der Waals surface area contributed by atoms with Crippen LogP contribution < -0.4 is 27.7 Å². The van der Waals surface area contributed by atoms with Gasteiger partial charge in [0.1, 0.15) is 34.9 Å². The molecule has 340 valence electrons. The van der Waals surface area contributed by atoms with E-state index < -0.39 is 53.2 Å². The predicted octanol–water partition coefficient (Wildman–Crippen LogP) is 4.81. The molecule has 12 nitrogen and oxygen atoms in total. The van der Waals surface area contributed by atoms with Crippen LogP contribution in [0.5, 0.6) is 0 Å². The smallest absolute Gasteiger partial charge is 0.407 e. The van der Waals surface area contributed by atoms with Crippen molar-refractivity contribution < 1.29 is 49.8 Å². The van der Waals surface area contributed by atoms with Crippen molar-refractivity contribution in [2.75, 3.05) is 11.1 Å². The molecule has 2 aliphatic heterocycles. The van der Waals surface area contributed by atoms with Gasteiger partial charge in [-0.05, 0) is 33.4 Å². The van der Waals surface area contributed by atoms with Crippen molar-refractivity contribution in [3.63, 3.8) is 0 Å². The molecule has 17 heteroatoms. The van der Waals surface area contributed by atoms with Crippen molar-refractivity contribution in [2.24, 2.45) is 12.2 Å². The number of aryl methyl sites for hydroxylation is 1. The Bertz CT molecular complexity index is 2750. The summed E-state index contributed by atoms with van der Waals surface area (Å²) in [5.41, 5.74) is 3.24. The zero-order chi connectivity index (χ0) is 45.6. The van der Waals surface area contributed by atoms with Crippen molar-refractivity contribution in [3.05, 3.63) is 220 Å². The number of β-lactam (4-membered cyclic amide) rings is 1. The number of esters is 1. The molecular weight excluding hydrogens is 916 g/mol.